The molecular weight excluding hydrogens is 336 g/mol. The number of rotatable bonds is 11. The van der Waals surface area contributed by atoms with Gasteiger partial charge in [-0.1, -0.05) is 19.4 Å². The molecular formula is C19H32N2O3S. The van der Waals surface area contributed by atoms with Gasteiger partial charge in [0, 0.05) is 37.7 Å². The second-order valence-electron chi connectivity index (χ2n) is 6.39. The first-order valence-corrected chi connectivity index (χ1v) is 10.4. The van der Waals surface area contributed by atoms with Crippen LogP contribution in [-0.4, -0.2) is 67.5 Å². The van der Waals surface area contributed by atoms with Crippen LogP contribution in [0.2, 0.25) is 0 Å². The van der Waals surface area contributed by atoms with E-state index in [0.717, 1.165) is 43.4 Å². The third kappa shape index (κ3) is 7.44. The Bertz CT molecular complexity index is 496. The molecule has 1 atom stereocenters. The standard InChI is InChI=1S/C19H32N2O3S/c1-3-4-7-20-13-16-5-6-18(19(12-16)23-2)24-15-17(22)14-21-8-10-25-11-9-21/h5-6,12,17,20,22H,3-4,7-11,13-15H2,1-2H3. The van der Waals surface area contributed by atoms with Crippen molar-refractivity contribution in [2.24, 2.45) is 0 Å². The largest absolute Gasteiger partial charge is 0.493 e. The maximum Gasteiger partial charge on any atom is 0.161 e. The van der Waals surface area contributed by atoms with E-state index >= 15 is 0 Å². The lowest BCUT2D eigenvalue weighted by atomic mass is 10.2. The maximum atomic E-state index is 10.2. The number of β-amino-alcohol motifs (C(OH)–C–C–N with tert-alkyl or cyclic N) is 1. The summed E-state index contributed by atoms with van der Waals surface area (Å²) in [5.41, 5.74) is 1.17. The molecule has 142 valence electrons. The molecule has 1 aliphatic rings. The number of thioether (sulfide) groups is 1. The summed E-state index contributed by atoms with van der Waals surface area (Å²) in [6.45, 7) is 7.09. The van der Waals surface area contributed by atoms with Crippen LogP contribution in [-0.2, 0) is 6.54 Å². The van der Waals surface area contributed by atoms with E-state index in [0.29, 0.717) is 12.3 Å². The van der Waals surface area contributed by atoms with Crippen molar-refractivity contribution in [1.29, 1.82) is 0 Å². The molecule has 2 rings (SSSR count). The number of hydrogen-bond acceptors (Lipinski definition) is 6. The number of methoxy groups -OCH3 is 1. The zero-order valence-electron chi connectivity index (χ0n) is 15.5. The molecule has 1 saturated heterocycles. The Morgan fingerprint density at radius 2 is 2.08 bits per heavy atom. The summed E-state index contributed by atoms with van der Waals surface area (Å²) in [4.78, 5) is 2.30. The summed E-state index contributed by atoms with van der Waals surface area (Å²) in [7, 11) is 1.65. The lowest BCUT2D eigenvalue weighted by Gasteiger charge is -2.28. The van der Waals surface area contributed by atoms with E-state index in [2.05, 4.69) is 17.1 Å². The van der Waals surface area contributed by atoms with Crippen LogP contribution in [0.15, 0.2) is 18.2 Å². The van der Waals surface area contributed by atoms with E-state index < -0.39 is 6.10 Å². The summed E-state index contributed by atoms with van der Waals surface area (Å²) in [6, 6.07) is 5.98. The minimum absolute atomic E-state index is 0.286. The quantitative estimate of drug-likeness (QED) is 0.585. The second kappa shape index (κ2) is 11.6. The van der Waals surface area contributed by atoms with Crippen LogP contribution in [0.4, 0.5) is 0 Å². The van der Waals surface area contributed by atoms with Crippen molar-refractivity contribution in [2.75, 3.05) is 51.4 Å². The molecule has 1 heterocycles. The van der Waals surface area contributed by atoms with Crippen LogP contribution in [0.1, 0.15) is 25.3 Å². The van der Waals surface area contributed by atoms with E-state index in [9.17, 15) is 5.11 Å². The van der Waals surface area contributed by atoms with Gasteiger partial charge in [-0.05, 0) is 30.7 Å². The fourth-order valence-corrected chi connectivity index (χ4v) is 3.77. The highest BCUT2D eigenvalue weighted by Crippen LogP contribution is 2.28. The van der Waals surface area contributed by atoms with Gasteiger partial charge in [-0.25, -0.2) is 0 Å². The average molecular weight is 369 g/mol. The average Bonchev–Trinajstić information content (AvgIpc) is 2.64. The van der Waals surface area contributed by atoms with Gasteiger partial charge < -0.3 is 19.9 Å². The zero-order chi connectivity index (χ0) is 17.9. The smallest absolute Gasteiger partial charge is 0.161 e. The van der Waals surface area contributed by atoms with Crippen molar-refractivity contribution in [3.63, 3.8) is 0 Å². The van der Waals surface area contributed by atoms with Crippen LogP contribution in [0, 0.1) is 0 Å². The molecule has 0 aliphatic carbocycles. The Labute approximate surface area is 156 Å². The molecule has 0 amide bonds. The summed E-state index contributed by atoms with van der Waals surface area (Å²) < 4.78 is 11.3. The van der Waals surface area contributed by atoms with E-state index in [1.54, 1.807) is 7.11 Å². The Kier molecular flexibility index (Phi) is 9.47. The van der Waals surface area contributed by atoms with E-state index in [1.165, 1.54) is 18.4 Å². The monoisotopic (exact) mass is 368 g/mol. The van der Waals surface area contributed by atoms with Crippen LogP contribution in [0.5, 0.6) is 11.5 Å². The van der Waals surface area contributed by atoms with E-state index in [4.69, 9.17) is 9.47 Å². The highest BCUT2D eigenvalue weighted by Gasteiger charge is 2.16. The molecule has 25 heavy (non-hydrogen) atoms. The van der Waals surface area contributed by atoms with Crippen molar-refractivity contribution >= 4 is 11.8 Å². The molecule has 0 aromatic heterocycles. The van der Waals surface area contributed by atoms with Crippen LogP contribution in [0.3, 0.4) is 0 Å². The molecule has 5 nitrogen and oxygen atoms in total. The first kappa shape index (κ1) is 20.4. The Morgan fingerprint density at radius 3 is 2.80 bits per heavy atom. The lowest BCUT2D eigenvalue weighted by Crippen LogP contribution is -2.40. The predicted octanol–water partition coefficient (Wildman–Crippen LogP) is 2.37. The van der Waals surface area contributed by atoms with Gasteiger partial charge in [0.05, 0.1) is 7.11 Å². The number of ether oxygens (including phenoxy) is 2. The molecule has 0 bridgehead atoms. The van der Waals surface area contributed by atoms with Gasteiger partial charge in [0.2, 0.25) is 0 Å². The van der Waals surface area contributed by atoms with Crippen LogP contribution < -0.4 is 14.8 Å². The third-order valence-corrected chi connectivity index (χ3v) is 5.21. The Morgan fingerprint density at radius 1 is 1.28 bits per heavy atom. The van der Waals surface area contributed by atoms with E-state index in [1.807, 2.05) is 30.0 Å². The van der Waals surface area contributed by atoms with Gasteiger partial charge in [0.15, 0.2) is 11.5 Å². The van der Waals surface area contributed by atoms with Gasteiger partial charge in [-0.3, -0.25) is 4.90 Å². The first-order chi connectivity index (χ1) is 12.2. The molecule has 1 fully saturated rings. The summed E-state index contributed by atoms with van der Waals surface area (Å²) in [5.74, 6) is 3.70. The summed E-state index contributed by atoms with van der Waals surface area (Å²) in [6.07, 6.45) is 1.90. The lowest BCUT2D eigenvalue weighted by molar-refractivity contribution is 0.0705. The number of hydrogen-bond donors (Lipinski definition) is 2. The summed E-state index contributed by atoms with van der Waals surface area (Å²) >= 11 is 1.97. The number of unbranched alkanes of at least 4 members (excludes halogenated alkanes) is 1. The molecule has 2 N–H and O–H groups in total. The van der Waals surface area contributed by atoms with Crippen molar-refractivity contribution in [3.8, 4) is 11.5 Å². The minimum atomic E-state index is -0.483. The zero-order valence-corrected chi connectivity index (χ0v) is 16.3. The topological polar surface area (TPSA) is 54.0 Å². The van der Waals surface area contributed by atoms with Gasteiger partial charge in [0.1, 0.15) is 12.7 Å². The fourth-order valence-electron chi connectivity index (χ4n) is 2.80. The van der Waals surface area contributed by atoms with Crippen LogP contribution >= 0.6 is 11.8 Å². The first-order valence-electron chi connectivity index (χ1n) is 9.21. The van der Waals surface area contributed by atoms with Gasteiger partial charge >= 0.3 is 0 Å². The predicted molar refractivity (Wildman–Crippen MR) is 105 cm³/mol. The van der Waals surface area contributed by atoms with Crippen molar-refractivity contribution in [3.05, 3.63) is 23.8 Å². The van der Waals surface area contributed by atoms with Crippen LogP contribution in [0.25, 0.3) is 0 Å². The SMILES string of the molecule is CCCCNCc1ccc(OCC(O)CN2CCSCC2)c(OC)c1. The fraction of sp³-hybridized carbons (Fsp3) is 0.684. The molecule has 0 spiro atoms. The molecule has 1 aromatic rings. The molecule has 0 saturated carbocycles. The number of aliphatic hydroxyl groups is 1. The number of benzene rings is 1. The van der Waals surface area contributed by atoms with Crippen molar-refractivity contribution in [2.45, 2.75) is 32.4 Å². The maximum absolute atomic E-state index is 10.2. The van der Waals surface area contributed by atoms with Gasteiger partial charge in [0.25, 0.3) is 0 Å². The second-order valence-corrected chi connectivity index (χ2v) is 7.62. The molecule has 1 unspecified atom stereocenters. The third-order valence-electron chi connectivity index (χ3n) is 4.27. The summed E-state index contributed by atoms with van der Waals surface area (Å²) in [5, 5.41) is 13.6. The number of aliphatic hydroxyl groups excluding tert-OH is 1. The molecule has 6 heteroatoms. The number of nitrogens with zero attached hydrogens (tertiary/aromatic N) is 1. The van der Waals surface area contributed by atoms with E-state index in [-0.39, 0.29) is 6.61 Å². The van der Waals surface area contributed by atoms with Crippen molar-refractivity contribution < 1.29 is 14.6 Å². The minimum Gasteiger partial charge on any atom is -0.493 e. The molecule has 0 radical (unpaired) electrons. The highest BCUT2D eigenvalue weighted by atomic mass is 32.2. The highest BCUT2D eigenvalue weighted by molar-refractivity contribution is 7.99. The Hall–Kier alpha value is -0.950. The Balaban J connectivity index is 1.79. The number of nitrogens with one attached hydrogen (secondary N) is 1. The molecule has 1 aliphatic heterocycles. The van der Waals surface area contributed by atoms with Crippen molar-refractivity contribution in [1.82, 2.24) is 10.2 Å². The normalized spacial score (nSPS) is 16.6. The molecule has 1 aromatic carbocycles. The van der Waals surface area contributed by atoms with Gasteiger partial charge in [-0.15, -0.1) is 0 Å². The van der Waals surface area contributed by atoms with Gasteiger partial charge in [-0.2, -0.15) is 11.8 Å².